The molecule has 4 rings (SSSR count). The molecule has 12 N–H and O–H groups in total. The van der Waals surface area contributed by atoms with E-state index < -0.39 is 85.8 Å². The van der Waals surface area contributed by atoms with Crippen LogP contribution >= 0.6 is 23.5 Å². The number of phosphoric ester groups is 3. The monoisotopic (exact) mass is 642 g/mol. The summed E-state index contributed by atoms with van der Waals surface area (Å²) in [6, 6.07) is 0. The smallest absolute Gasteiger partial charge is 0.387 e. The maximum atomic E-state index is 12.3. The normalized spacial score (nSPS) is 35.6. The molecule has 2 fully saturated rings. The van der Waals surface area contributed by atoms with Gasteiger partial charge >= 0.3 is 23.5 Å². The van der Waals surface area contributed by atoms with E-state index in [2.05, 4.69) is 27.9 Å². The highest BCUT2D eigenvalue weighted by molar-refractivity contribution is 7.61. The third-order valence-corrected chi connectivity index (χ3v) is 8.93. The second kappa shape index (κ2) is 11.8. The Morgan fingerprint density at radius 3 is 2.12 bits per heavy atom. The Hall–Kier alpha value is -1.23. The summed E-state index contributed by atoms with van der Waals surface area (Å²) in [7, 11) is -16.0. The van der Waals surface area contributed by atoms with Crippen molar-refractivity contribution in [3.8, 4) is 0 Å². The van der Waals surface area contributed by atoms with Gasteiger partial charge in [0.1, 0.15) is 43.0 Å². The van der Waals surface area contributed by atoms with Crippen LogP contribution in [0.3, 0.4) is 0 Å². The number of aliphatic hydroxyl groups excluding tert-OH is 4. The molecule has 1 aromatic rings. The van der Waals surface area contributed by atoms with Gasteiger partial charge in [-0.1, -0.05) is 0 Å². The summed E-state index contributed by atoms with van der Waals surface area (Å²) in [5.74, 6) is 0.383. The lowest BCUT2D eigenvalue weighted by Gasteiger charge is -2.22. The zero-order chi connectivity index (χ0) is 29.6. The molecule has 40 heavy (non-hydrogen) atoms. The molecule has 0 aliphatic carbocycles. The average molecular weight is 642 g/mol. The van der Waals surface area contributed by atoms with Gasteiger partial charge in [-0.2, -0.15) is 4.31 Å². The van der Waals surface area contributed by atoms with Crippen LogP contribution in [0.1, 0.15) is 11.9 Å². The van der Waals surface area contributed by atoms with Gasteiger partial charge in [-0.25, -0.2) is 23.7 Å². The van der Waals surface area contributed by atoms with Crippen LogP contribution in [-0.4, -0.2) is 118 Å². The maximum absolute atomic E-state index is 12.3. The molecular weight excluding hydrogens is 615 g/mol. The number of ether oxygens (including phenoxy) is 2. The SMILES string of the molecule is NC1=NC[NH2+]c2c1ncn2C1OC(COP(=O)(O)OP(=O)(O)OCC2OC(O)C(O)C2O)C(O)C1OP(=O)(O)O. The number of amidine groups is 1. The summed E-state index contributed by atoms with van der Waals surface area (Å²) < 4.78 is 65.4. The van der Waals surface area contributed by atoms with E-state index in [1.54, 1.807) is 5.32 Å². The molecule has 0 radical (unpaired) electrons. The van der Waals surface area contributed by atoms with Gasteiger partial charge in [-0.05, 0) is 0 Å². The molecule has 25 heteroatoms. The molecular formula is C15H27N5O17P3+. The lowest BCUT2D eigenvalue weighted by Crippen LogP contribution is -2.80. The minimum absolute atomic E-state index is 0.0671. The fraction of sp³-hybridized carbons (Fsp3) is 0.733. The molecule has 228 valence electrons. The van der Waals surface area contributed by atoms with Gasteiger partial charge in [0, 0.05) is 0 Å². The number of imidazole rings is 1. The van der Waals surface area contributed by atoms with Crippen molar-refractivity contribution in [2.45, 2.75) is 49.1 Å². The Bertz CT molecular complexity index is 1260. The molecule has 3 aliphatic rings. The number of quaternary nitrogens is 1. The van der Waals surface area contributed by atoms with Crippen molar-refractivity contribution >= 4 is 35.1 Å². The van der Waals surface area contributed by atoms with Gasteiger partial charge in [0.25, 0.3) is 0 Å². The first-order valence-electron chi connectivity index (χ1n) is 11.1. The van der Waals surface area contributed by atoms with Crippen LogP contribution < -0.4 is 11.1 Å². The molecule has 1 aromatic heterocycles. The van der Waals surface area contributed by atoms with Gasteiger partial charge in [-0.3, -0.25) is 23.5 Å². The first-order chi connectivity index (χ1) is 18.5. The summed E-state index contributed by atoms with van der Waals surface area (Å²) in [6.07, 6.45) is -12.3. The topological polar surface area (TPSA) is 341 Å². The summed E-state index contributed by atoms with van der Waals surface area (Å²) in [5, 5.41) is 40.6. The number of aromatic nitrogens is 2. The Labute approximate surface area is 223 Å². The van der Waals surface area contributed by atoms with Crippen molar-refractivity contribution in [2.75, 3.05) is 19.9 Å². The van der Waals surface area contributed by atoms with Gasteiger partial charge in [0.05, 0.1) is 13.2 Å². The van der Waals surface area contributed by atoms with Crippen LogP contribution in [-0.2, 0) is 41.1 Å². The molecule has 0 spiro atoms. The zero-order valence-corrected chi connectivity index (χ0v) is 22.6. The molecule has 10 unspecified atom stereocenters. The number of phosphoric acid groups is 3. The van der Waals surface area contributed by atoms with Crippen LogP contribution in [0.4, 0.5) is 5.82 Å². The third-order valence-electron chi connectivity index (χ3n) is 5.81. The molecule has 4 heterocycles. The molecule has 2 saturated heterocycles. The fourth-order valence-electron chi connectivity index (χ4n) is 4.01. The van der Waals surface area contributed by atoms with Crippen LogP contribution in [0, 0.1) is 0 Å². The van der Waals surface area contributed by atoms with Crippen molar-refractivity contribution in [2.24, 2.45) is 10.7 Å². The molecule has 22 nitrogen and oxygen atoms in total. The molecule has 3 aliphatic heterocycles. The second-order valence-corrected chi connectivity index (χ2v) is 12.8. The summed E-state index contributed by atoms with van der Waals surface area (Å²) in [6.45, 7) is -1.85. The highest BCUT2D eigenvalue weighted by Crippen LogP contribution is 2.61. The van der Waals surface area contributed by atoms with Gasteiger partial charge in [-0.15, -0.1) is 0 Å². The van der Waals surface area contributed by atoms with Crippen LogP contribution in [0.25, 0.3) is 0 Å². The Kier molecular flexibility index (Phi) is 9.36. The van der Waals surface area contributed by atoms with E-state index >= 15 is 0 Å². The number of aliphatic imine (C=N–C) groups is 1. The van der Waals surface area contributed by atoms with Crippen LogP contribution in [0.15, 0.2) is 11.3 Å². The standard InChI is InChI=1S/C15H26N5O17P3/c16-12-7-13(18-3-17-12)20(4-19-7)14-11(36-38(25,26)27)9(22)6(34-14)2-33-40(30,31)37-39(28,29)32-1-5-8(21)10(23)15(24)35-5/h4-6,8-11,14-15,18,21-24H,1-3H2,(H2,16,17)(H,28,29)(H,30,31)(H2,25,26,27)/p+1. The molecule has 0 aromatic carbocycles. The molecule has 0 saturated carbocycles. The van der Waals surface area contributed by atoms with E-state index in [1.165, 1.54) is 10.9 Å². The van der Waals surface area contributed by atoms with Gasteiger partial charge in [0.2, 0.25) is 5.82 Å². The first kappa shape index (κ1) is 31.7. The van der Waals surface area contributed by atoms with Crippen molar-refractivity contribution in [1.29, 1.82) is 0 Å². The Morgan fingerprint density at radius 2 is 1.57 bits per heavy atom. The average Bonchev–Trinajstić information content (AvgIpc) is 3.47. The van der Waals surface area contributed by atoms with Crippen molar-refractivity contribution < 1.29 is 86.4 Å². The van der Waals surface area contributed by atoms with Crippen molar-refractivity contribution in [1.82, 2.24) is 9.55 Å². The predicted octanol–water partition coefficient (Wildman–Crippen LogP) is -4.82. The number of hydrogen-bond donors (Lipinski definition) is 10. The third kappa shape index (κ3) is 7.21. The first-order valence-corrected chi connectivity index (χ1v) is 15.6. The van der Waals surface area contributed by atoms with Crippen molar-refractivity contribution in [3.63, 3.8) is 0 Å². The van der Waals surface area contributed by atoms with E-state index in [0.717, 1.165) is 0 Å². The summed E-state index contributed by atoms with van der Waals surface area (Å²) >= 11 is 0. The quantitative estimate of drug-likeness (QED) is 0.101. The van der Waals surface area contributed by atoms with E-state index in [1.807, 2.05) is 0 Å². The lowest BCUT2D eigenvalue weighted by molar-refractivity contribution is -0.577. The van der Waals surface area contributed by atoms with E-state index in [-0.39, 0.29) is 18.2 Å². The number of rotatable bonds is 11. The number of aliphatic hydroxyl groups is 4. The number of hydrogen-bond acceptors (Lipinski definition) is 16. The number of fused-ring (bicyclic) bond motifs is 1. The van der Waals surface area contributed by atoms with Gasteiger partial charge in [0.15, 0.2) is 30.7 Å². The predicted molar refractivity (Wildman–Crippen MR) is 122 cm³/mol. The highest BCUT2D eigenvalue weighted by Gasteiger charge is 2.51. The molecule has 10 atom stereocenters. The Morgan fingerprint density at radius 1 is 0.975 bits per heavy atom. The van der Waals surface area contributed by atoms with E-state index in [4.69, 9.17) is 15.2 Å². The summed E-state index contributed by atoms with van der Waals surface area (Å²) in [4.78, 5) is 46.4. The van der Waals surface area contributed by atoms with E-state index in [0.29, 0.717) is 5.82 Å². The van der Waals surface area contributed by atoms with E-state index in [9.17, 15) is 53.7 Å². The number of nitrogens with zero attached hydrogens (tertiary/aromatic N) is 3. The highest BCUT2D eigenvalue weighted by atomic mass is 31.3. The second-order valence-electron chi connectivity index (χ2n) is 8.59. The molecule has 0 amide bonds. The van der Waals surface area contributed by atoms with Gasteiger partial charge < -0.3 is 55.2 Å². The summed E-state index contributed by atoms with van der Waals surface area (Å²) in [5.41, 5.74) is 6.00. The lowest BCUT2D eigenvalue weighted by atomic mass is 10.1. The largest absolute Gasteiger partial charge is 0.481 e. The maximum Gasteiger partial charge on any atom is 0.481 e. The van der Waals surface area contributed by atoms with Crippen LogP contribution in [0.2, 0.25) is 0 Å². The minimum atomic E-state index is -5.44. The minimum Gasteiger partial charge on any atom is -0.387 e. The van der Waals surface area contributed by atoms with Crippen molar-refractivity contribution in [3.05, 3.63) is 12.0 Å². The molecule has 0 bridgehead atoms. The fourth-order valence-corrected chi connectivity index (χ4v) is 6.65. The van der Waals surface area contributed by atoms with Crippen LogP contribution in [0.5, 0.6) is 0 Å². The Balaban J connectivity index is 1.41. The zero-order valence-electron chi connectivity index (χ0n) is 19.9. The number of nitrogens with two attached hydrogens (primary N) is 2.